The van der Waals surface area contributed by atoms with Crippen LogP contribution in [0.1, 0.15) is 25.0 Å². The van der Waals surface area contributed by atoms with Crippen LogP contribution in [0.15, 0.2) is 36.5 Å². The number of benzene rings is 1. The highest BCUT2D eigenvalue weighted by molar-refractivity contribution is 5.81. The van der Waals surface area contributed by atoms with Crippen LogP contribution in [0, 0.1) is 0 Å². The fourth-order valence-corrected chi connectivity index (χ4v) is 1.62. The van der Waals surface area contributed by atoms with Gasteiger partial charge in [0, 0.05) is 17.1 Å². The number of fused-ring (bicyclic) bond motifs is 1. The molecular weight excluding hydrogens is 174 g/mol. The summed E-state index contributed by atoms with van der Waals surface area (Å²) in [5.74, 6) is 0. The SMILES string of the molecule is CCC(O)c1cccc2cccnc12. The number of aliphatic hydroxyl groups excluding tert-OH is 1. The molecule has 1 atom stereocenters. The lowest BCUT2D eigenvalue weighted by Crippen LogP contribution is -1.97. The molecule has 1 N–H and O–H groups in total. The van der Waals surface area contributed by atoms with Gasteiger partial charge in [-0.2, -0.15) is 0 Å². The molecule has 0 spiro atoms. The predicted octanol–water partition coefficient (Wildman–Crippen LogP) is 2.68. The molecule has 0 fully saturated rings. The molecule has 14 heavy (non-hydrogen) atoms. The van der Waals surface area contributed by atoms with Gasteiger partial charge in [-0.1, -0.05) is 31.2 Å². The predicted molar refractivity (Wildman–Crippen MR) is 57.0 cm³/mol. The van der Waals surface area contributed by atoms with Crippen LogP contribution in [0.4, 0.5) is 0 Å². The standard InChI is InChI=1S/C12H13NO/c1-2-11(14)10-7-3-5-9-6-4-8-13-12(9)10/h3-8,11,14H,2H2,1H3. The van der Waals surface area contributed by atoms with E-state index in [4.69, 9.17) is 0 Å². The van der Waals surface area contributed by atoms with E-state index in [1.54, 1.807) is 6.20 Å². The van der Waals surface area contributed by atoms with Gasteiger partial charge in [0.2, 0.25) is 0 Å². The molecule has 72 valence electrons. The van der Waals surface area contributed by atoms with E-state index < -0.39 is 6.10 Å². The van der Waals surface area contributed by atoms with Gasteiger partial charge in [0.15, 0.2) is 0 Å². The second kappa shape index (κ2) is 3.76. The Balaban J connectivity index is 2.65. The minimum Gasteiger partial charge on any atom is -0.388 e. The molecule has 2 aromatic rings. The third-order valence-electron chi connectivity index (χ3n) is 2.41. The number of para-hydroxylation sites is 1. The Morgan fingerprint density at radius 3 is 2.86 bits per heavy atom. The molecule has 0 radical (unpaired) electrons. The summed E-state index contributed by atoms with van der Waals surface area (Å²) >= 11 is 0. The van der Waals surface area contributed by atoms with Crippen LogP contribution in [0.3, 0.4) is 0 Å². The highest BCUT2D eigenvalue weighted by Crippen LogP contribution is 2.23. The lowest BCUT2D eigenvalue weighted by molar-refractivity contribution is 0.175. The van der Waals surface area contributed by atoms with Crippen molar-refractivity contribution in [3.63, 3.8) is 0 Å². The Labute approximate surface area is 83.2 Å². The maximum Gasteiger partial charge on any atom is 0.0808 e. The first-order valence-electron chi connectivity index (χ1n) is 4.84. The summed E-state index contributed by atoms with van der Waals surface area (Å²) in [6, 6.07) is 9.81. The van der Waals surface area contributed by atoms with Crippen molar-refractivity contribution in [1.29, 1.82) is 0 Å². The van der Waals surface area contributed by atoms with Crippen LogP contribution in [0.2, 0.25) is 0 Å². The largest absolute Gasteiger partial charge is 0.388 e. The molecule has 0 saturated heterocycles. The highest BCUT2D eigenvalue weighted by atomic mass is 16.3. The first-order valence-corrected chi connectivity index (χ1v) is 4.84. The monoisotopic (exact) mass is 187 g/mol. The van der Waals surface area contributed by atoms with E-state index in [0.717, 1.165) is 22.9 Å². The second-order valence-corrected chi connectivity index (χ2v) is 3.35. The Morgan fingerprint density at radius 2 is 2.07 bits per heavy atom. The van der Waals surface area contributed by atoms with Crippen molar-refractivity contribution in [2.45, 2.75) is 19.4 Å². The maximum atomic E-state index is 9.79. The number of aliphatic hydroxyl groups is 1. The zero-order valence-electron chi connectivity index (χ0n) is 8.14. The van der Waals surface area contributed by atoms with Gasteiger partial charge in [0.1, 0.15) is 0 Å². The normalized spacial score (nSPS) is 13.0. The van der Waals surface area contributed by atoms with Gasteiger partial charge in [0.25, 0.3) is 0 Å². The van der Waals surface area contributed by atoms with Crippen molar-refractivity contribution >= 4 is 10.9 Å². The number of hydrogen-bond acceptors (Lipinski definition) is 2. The molecule has 0 bridgehead atoms. The van der Waals surface area contributed by atoms with E-state index in [0.29, 0.717) is 0 Å². The first-order chi connectivity index (χ1) is 6.83. The molecule has 1 heterocycles. The van der Waals surface area contributed by atoms with Crippen molar-refractivity contribution in [2.75, 3.05) is 0 Å². The summed E-state index contributed by atoms with van der Waals surface area (Å²) in [5, 5.41) is 10.9. The van der Waals surface area contributed by atoms with Gasteiger partial charge in [-0.05, 0) is 12.5 Å². The molecular formula is C12H13NO. The summed E-state index contributed by atoms with van der Waals surface area (Å²) < 4.78 is 0. The van der Waals surface area contributed by atoms with Crippen LogP contribution in [0.25, 0.3) is 10.9 Å². The molecule has 0 aliphatic carbocycles. The number of pyridine rings is 1. The van der Waals surface area contributed by atoms with E-state index >= 15 is 0 Å². The van der Waals surface area contributed by atoms with E-state index in [1.165, 1.54) is 0 Å². The maximum absolute atomic E-state index is 9.79. The number of rotatable bonds is 2. The Hall–Kier alpha value is -1.41. The van der Waals surface area contributed by atoms with Gasteiger partial charge in [-0.3, -0.25) is 4.98 Å². The molecule has 0 amide bonds. The fourth-order valence-electron chi connectivity index (χ4n) is 1.62. The van der Waals surface area contributed by atoms with Crippen molar-refractivity contribution in [3.05, 3.63) is 42.1 Å². The fraction of sp³-hybridized carbons (Fsp3) is 0.250. The molecule has 0 aliphatic rings. The molecule has 2 nitrogen and oxygen atoms in total. The van der Waals surface area contributed by atoms with Gasteiger partial charge < -0.3 is 5.11 Å². The third kappa shape index (κ3) is 1.49. The average molecular weight is 187 g/mol. The third-order valence-corrected chi connectivity index (χ3v) is 2.41. The summed E-state index contributed by atoms with van der Waals surface area (Å²) in [7, 11) is 0. The summed E-state index contributed by atoms with van der Waals surface area (Å²) in [4.78, 5) is 4.29. The van der Waals surface area contributed by atoms with E-state index in [2.05, 4.69) is 4.98 Å². The number of hydrogen-bond donors (Lipinski definition) is 1. The Morgan fingerprint density at radius 1 is 1.29 bits per heavy atom. The first kappa shape index (κ1) is 9.16. The van der Waals surface area contributed by atoms with Crippen LogP contribution >= 0.6 is 0 Å². The zero-order chi connectivity index (χ0) is 9.97. The molecule has 0 aliphatic heterocycles. The molecule has 0 saturated carbocycles. The zero-order valence-corrected chi connectivity index (χ0v) is 8.14. The summed E-state index contributed by atoms with van der Waals surface area (Å²) in [6.45, 7) is 1.96. The molecule has 1 unspecified atom stereocenters. The van der Waals surface area contributed by atoms with Crippen LogP contribution in [-0.2, 0) is 0 Å². The Bertz CT molecular complexity index is 434. The van der Waals surface area contributed by atoms with Crippen molar-refractivity contribution in [1.82, 2.24) is 4.98 Å². The molecule has 1 aromatic heterocycles. The minimum absolute atomic E-state index is 0.409. The van der Waals surface area contributed by atoms with E-state index in [-0.39, 0.29) is 0 Å². The van der Waals surface area contributed by atoms with Crippen molar-refractivity contribution < 1.29 is 5.11 Å². The van der Waals surface area contributed by atoms with Gasteiger partial charge in [0.05, 0.1) is 11.6 Å². The second-order valence-electron chi connectivity index (χ2n) is 3.35. The summed E-state index contributed by atoms with van der Waals surface area (Å²) in [5.41, 5.74) is 1.83. The van der Waals surface area contributed by atoms with Crippen molar-refractivity contribution in [3.8, 4) is 0 Å². The highest BCUT2D eigenvalue weighted by Gasteiger charge is 2.08. The van der Waals surface area contributed by atoms with Gasteiger partial charge >= 0.3 is 0 Å². The number of aromatic nitrogens is 1. The van der Waals surface area contributed by atoms with E-state index in [9.17, 15) is 5.11 Å². The molecule has 1 aromatic carbocycles. The van der Waals surface area contributed by atoms with Gasteiger partial charge in [-0.15, -0.1) is 0 Å². The summed E-state index contributed by atoms with van der Waals surface area (Å²) in [6.07, 6.45) is 2.07. The quantitative estimate of drug-likeness (QED) is 0.784. The number of nitrogens with zero attached hydrogens (tertiary/aromatic N) is 1. The minimum atomic E-state index is -0.409. The van der Waals surface area contributed by atoms with Crippen LogP contribution in [-0.4, -0.2) is 10.1 Å². The van der Waals surface area contributed by atoms with Crippen molar-refractivity contribution in [2.24, 2.45) is 0 Å². The van der Waals surface area contributed by atoms with Crippen LogP contribution in [0.5, 0.6) is 0 Å². The Kier molecular flexibility index (Phi) is 2.46. The molecule has 2 rings (SSSR count). The smallest absolute Gasteiger partial charge is 0.0808 e. The topological polar surface area (TPSA) is 33.1 Å². The lowest BCUT2D eigenvalue weighted by Gasteiger charge is -2.10. The van der Waals surface area contributed by atoms with E-state index in [1.807, 2.05) is 37.3 Å². The lowest BCUT2D eigenvalue weighted by atomic mass is 10.0. The molecule has 2 heteroatoms. The van der Waals surface area contributed by atoms with Gasteiger partial charge in [-0.25, -0.2) is 0 Å². The van der Waals surface area contributed by atoms with Crippen LogP contribution < -0.4 is 0 Å². The average Bonchev–Trinajstić information content (AvgIpc) is 2.27.